The third-order valence-corrected chi connectivity index (χ3v) is 5.36. The van der Waals surface area contributed by atoms with Crippen LogP contribution in [0, 0.1) is 5.82 Å². The van der Waals surface area contributed by atoms with E-state index in [-0.39, 0.29) is 22.6 Å². The molecule has 2 aromatic carbocycles. The molecule has 31 heavy (non-hydrogen) atoms. The molecule has 166 valence electrons. The Morgan fingerprint density at radius 2 is 1.74 bits per heavy atom. The summed E-state index contributed by atoms with van der Waals surface area (Å²) in [5, 5.41) is 30.3. The first-order chi connectivity index (χ1) is 14.2. The van der Waals surface area contributed by atoms with E-state index >= 15 is 0 Å². The Balaban J connectivity index is 1.98. The van der Waals surface area contributed by atoms with Crippen LogP contribution in [0.25, 0.3) is 10.9 Å². The first-order valence-corrected chi connectivity index (χ1v) is 9.35. The zero-order valence-electron chi connectivity index (χ0n) is 16.7. The number of phenolic OH excluding ortho intramolecular Hbond substituents is 1. The highest BCUT2D eigenvalue weighted by molar-refractivity contribution is 5.93. The van der Waals surface area contributed by atoms with Gasteiger partial charge in [0.1, 0.15) is 11.6 Å². The van der Waals surface area contributed by atoms with Gasteiger partial charge in [0.25, 0.3) is 0 Å². The molecular formula is C22H21F4NO4. The summed E-state index contributed by atoms with van der Waals surface area (Å²) in [5.74, 6) is -2.27. The van der Waals surface area contributed by atoms with Gasteiger partial charge in [-0.15, -0.1) is 0 Å². The van der Waals surface area contributed by atoms with Crippen LogP contribution in [0.2, 0.25) is 0 Å². The van der Waals surface area contributed by atoms with Crippen molar-refractivity contribution in [2.45, 2.75) is 43.9 Å². The summed E-state index contributed by atoms with van der Waals surface area (Å²) in [7, 11) is 0. The molecule has 1 unspecified atom stereocenters. The van der Waals surface area contributed by atoms with Crippen LogP contribution in [0.4, 0.5) is 17.6 Å². The first kappa shape index (κ1) is 22.6. The van der Waals surface area contributed by atoms with E-state index in [9.17, 15) is 32.6 Å². The van der Waals surface area contributed by atoms with E-state index in [4.69, 9.17) is 5.11 Å². The first-order valence-electron chi connectivity index (χ1n) is 9.35. The number of aromatic carboxylic acids is 1. The molecule has 0 radical (unpaired) electrons. The van der Waals surface area contributed by atoms with E-state index in [1.165, 1.54) is 38.1 Å². The topological polar surface area (TPSA) is 93.5 Å². The fourth-order valence-electron chi connectivity index (χ4n) is 3.87. The number of alkyl halides is 3. The van der Waals surface area contributed by atoms with Gasteiger partial charge in [0.15, 0.2) is 5.60 Å². The van der Waals surface area contributed by atoms with Gasteiger partial charge in [-0.3, -0.25) is 0 Å². The molecule has 3 aromatic rings. The van der Waals surface area contributed by atoms with E-state index in [1.54, 1.807) is 0 Å². The van der Waals surface area contributed by atoms with Crippen molar-refractivity contribution in [2.75, 3.05) is 0 Å². The molecule has 0 fully saturated rings. The van der Waals surface area contributed by atoms with E-state index in [1.807, 2.05) is 0 Å². The maximum absolute atomic E-state index is 14.0. The number of rotatable bonds is 6. The van der Waals surface area contributed by atoms with Crippen molar-refractivity contribution in [1.82, 2.24) is 4.98 Å². The molecule has 0 aliphatic carbocycles. The van der Waals surface area contributed by atoms with Crippen molar-refractivity contribution in [1.29, 1.82) is 0 Å². The molecule has 1 atom stereocenters. The predicted molar refractivity (Wildman–Crippen MR) is 106 cm³/mol. The predicted octanol–water partition coefficient (Wildman–Crippen LogP) is 4.91. The highest BCUT2D eigenvalue weighted by atomic mass is 19.4. The fourth-order valence-corrected chi connectivity index (χ4v) is 3.87. The van der Waals surface area contributed by atoms with E-state index in [0.29, 0.717) is 10.9 Å². The Hall–Kier alpha value is -3.07. The quantitative estimate of drug-likeness (QED) is 0.411. The zero-order chi connectivity index (χ0) is 23.2. The average Bonchev–Trinajstić information content (AvgIpc) is 3.03. The number of fused-ring (bicyclic) bond motifs is 1. The molecular weight excluding hydrogens is 418 g/mol. The summed E-state index contributed by atoms with van der Waals surface area (Å²) >= 11 is 0. The fraction of sp³-hybridized carbons (Fsp3) is 0.318. The lowest BCUT2D eigenvalue weighted by molar-refractivity contribution is -0.266. The largest absolute Gasteiger partial charge is 0.508 e. The summed E-state index contributed by atoms with van der Waals surface area (Å²) in [6, 6.07) is 8.47. The maximum atomic E-state index is 14.0. The Labute approximate surface area is 175 Å². The van der Waals surface area contributed by atoms with E-state index in [0.717, 1.165) is 18.2 Å². The monoisotopic (exact) mass is 439 g/mol. The molecule has 0 bridgehead atoms. The van der Waals surface area contributed by atoms with Gasteiger partial charge < -0.3 is 20.3 Å². The lowest BCUT2D eigenvalue weighted by Crippen LogP contribution is -2.50. The van der Waals surface area contributed by atoms with Crippen molar-refractivity contribution >= 4 is 16.9 Å². The summed E-state index contributed by atoms with van der Waals surface area (Å²) in [5.41, 5.74) is -4.35. The molecule has 0 saturated carbocycles. The van der Waals surface area contributed by atoms with Gasteiger partial charge in [-0.25, -0.2) is 9.18 Å². The van der Waals surface area contributed by atoms with Crippen molar-refractivity contribution in [3.05, 3.63) is 65.1 Å². The number of hydrogen-bond acceptors (Lipinski definition) is 3. The number of aliphatic hydroxyl groups is 1. The van der Waals surface area contributed by atoms with Crippen LogP contribution in [0.5, 0.6) is 5.75 Å². The minimum Gasteiger partial charge on any atom is -0.508 e. The standard InChI is InChI=1S/C22H21F4NO4/c1-20(2,16-9-14(23)5-6-18(16)28)11-21(31,22(24,25)26)10-15-7-12-3-4-13(19(29)30)8-17(12)27-15/h3-9,27-28,31H,10-11H2,1-2H3,(H,29,30). The van der Waals surface area contributed by atoms with Crippen molar-refractivity contribution in [3.63, 3.8) is 0 Å². The Bertz CT molecular complexity index is 1140. The molecule has 0 saturated heterocycles. The van der Waals surface area contributed by atoms with Gasteiger partial charge in [0.2, 0.25) is 0 Å². The molecule has 1 heterocycles. The van der Waals surface area contributed by atoms with E-state index in [2.05, 4.69) is 4.98 Å². The Kier molecular flexibility index (Phi) is 5.52. The van der Waals surface area contributed by atoms with E-state index < -0.39 is 41.8 Å². The van der Waals surface area contributed by atoms with Crippen LogP contribution in [0.1, 0.15) is 41.9 Å². The lowest BCUT2D eigenvalue weighted by atomic mass is 9.73. The number of aromatic hydroxyl groups is 1. The van der Waals surface area contributed by atoms with Crippen LogP contribution in [-0.4, -0.2) is 38.1 Å². The second-order valence-corrected chi connectivity index (χ2v) is 8.33. The molecule has 0 amide bonds. The van der Waals surface area contributed by atoms with Crippen LogP contribution in [-0.2, 0) is 11.8 Å². The minimum absolute atomic E-state index is 0.0327. The lowest BCUT2D eigenvalue weighted by Gasteiger charge is -2.38. The third-order valence-electron chi connectivity index (χ3n) is 5.36. The van der Waals surface area contributed by atoms with Crippen molar-refractivity contribution in [3.8, 4) is 5.75 Å². The molecule has 1 aromatic heterocycles. The maximum Gasteiger partial charge on any atom is 0.417 e. The van der Waals surface area contributed by atoms with Gasteiger partial charge in [-0.05, 0) is 53.6 Å². The van der Waals surface area contributed by atoms with Crippen molar-refractivity contribution in [2.24, 2.45) is 0 Å². The van der Waals surface area contributed by atoms with Crippen molar-refractivity contribution < 1.29 is 37.7 Å². The smallest absolute Gasteiger partial charge is 0.417 e. The van der Waals surface area contributed by atoms with Crippen LogP contribution in [0.15, 0.2) is 42.5 Å². The summed E-state index contributed by atoms with van der Waals surface area (Å²) in [6.07, 6.45) is -6.72. The molecule has 0 spiro atoms. The number of aromatic amines is 1. The number of phenols is 1. The normalized spacial score (nSPS) is 14.5. The highest BCUT2D eigenvalue weighted by Gasteiger charge is 2.56. The molecule has 0 aliphatic heterocycles. The molecule has 0 aliphatic rings. The van der Waals surface area contributed by atoms with Gasteiger partial charge in [0.05, 0.1) is 5.56 Å². The van der Waals surface area contributed by atoms with Crippen LogP contribution in [0.3, 0.4) is 0 Å². The Morgan fingerprint density at radius 3 is 2.35 bits per heavy atom. The zero-order valence-corrected chi connectivity index (χ0v) is 16.7. The number of nitrogens with one attached hydrogen (secondary N) is 1. The van der Waals surface area contributed by atoms with Gasteiger partial charge in [-0.2, -0.15) is 13.2 Å². The average molecular weight is 439 g/mol. The second-order valence-electron chi connectivity index (χ2n) is 8.33. The molecule has 9 heteroatoms. The number of halogens is 4. The number of benzene rings is 2. The van der Waals surface area contributed by atoms with Crippen LogP contribution < -0.4 is 0 Å². The molecule has 5 nitrogen and oxygen atoms in total. The number of hydrogen-bond donors (Lipinski definition) is 4. The van der Waals surface area contributed by atoms with Gasteiger partial charge >= 0.3 is 12.1 Å². The third kappa shape index (κ3) is 4.51. The summed E-state index contributed by atoms with van der Waals surface area (Å²) in [4.78, 5) is 13.8. The minimum atomic E-state index is -5.03. The number of carbonyl (C=O) groups is 1. The number of carboxylic acid groups (broad SMARTS) is 1. The SMILES string of the molecule is CC(C)(CC(O)(Cc1cc2ccc(C(=O)O)cc2[nH]1)C(F)(F)F)c1cc(F)ccc1O. The summed E-state index contributed by atoms with van der Waals surface area (Å²) in [6.45, 7) is 2.76. The second kappa shape index (κ2) is 7.56. The van der Waals surface area contributed by atoms with Crippen LogP contribution >= 0.6 is 0 Å². The molecule has 4 N–H and O–H groups in total. The molecule has 3 rings (SSSR count). The van der Waals surface area contributed by atoms with Gasteiger partial charge in [0, 0.05) is 23.2 Å². The summed E-state index contributed by atoms with van der Waals surface area (Å²) < 4.78 is 55.5. The number of aromatic nitrogens is 1. The highest BCUT2D eigenvalue weighted by Crippen LogP contribution is 2.45. The number of carboxylic acids is 1. The number of H-pyrrole nitrogens is 1. The van der Waals surface area contributed by atoms with Gasteiger partial charge in [-0.1, -0.05) is 19.9 Å². The Morgan fingerprint density at radius 1 is 1.06 bits per heavy atom.